The second-order valence-corrected chi connectivity index (χ2v) is 6.83. The minimum atomic E-state index is -0.204. The third-order valence-corrected chi connectivity index (χ3v) is 4.71. The average Bonchev–Trinajstić information content (AvgIpc) is 3.18. The number of hydrogen-bond acceptors (Lipinski definition) is 5. The van der Waals surface area contributed by atoms with Crippen LogP contribution in [0.2, 0.25) is 5.02 Å². The molecule has 2 heterocycles. The zero-order valence-electron chi connectivity index (χ0n) is 15.0. The molecule has 2 aromatic rings. The third-order valence-electron chi connectivity index (χ3n) is 4.47. The van der Waals surface area contributed by atoms with Gasteiger partial charge in [-0.3, -0.25) is 14.5 Å². The fraction of sp³-hybridized carbons (Fsp3) is 0.368. The lowest BCUT2D eigenvalue weighted by Gasteiger charge is -2.31. The number of piperidine rings is 1. The summed E-state index contributed by atoms with van der Waals surface area (Å²) in [7, 11) is 1.54. The van der Waals surface area contributed by atoms with Crippen LogP contribution in [0.3, 0.4) is 0 Å². The van der Waals surface area contributed by atoms with Gasteiger partial charge in [0.15, 0.2) is 5.76 Å². The van der Waals surface area contributed by atoms with Crippen LogP contribution in [0.25, 0.3) is 0 Å². The van der Waals surface area contributed by atoms with Crippen molar-refractivity contribution >= 4 is 29.1 Å². The minimum absolute atomic E-state index is 0.0786. The molecule has 1 aliphatic heterocycles. The first-order valence-corrected chi connectivity index (χ1v) is 9.13. The number of hydrogen-bond donors (Lipinski definition) is 2. The summed E-state index contributed by atoms with van der Waals surface area (Å²) in [4.78, 5) is 26.4. The van der Waals surface area contributed by atoms with Crippen LogP contribution in [0, 0.1) is 0 Å². The SMILES string of the molecule is COc1ccc(Cl)cc1NC(=O)CN1CCC(NC(=O)c2ccco2)CC1. The Balaban J connectivity index is 1.45. The molecule has 7 nitrogen and oxygen atoms in total. The predicted molar refractivity (Wildman–Crippen MR) is 102 cm³/mol. The molecule has 0 saturated carbocycles. The largest absolute Gasteiger partial charge is 0.495 e. The molecule has 144 valence electrons. The molecule has 1 fully saturated rings. The zero-order chi connectivity index (χ0) is 19.2. The number of methoxy groups -OCH3 is 1. The highest BCUT2D eigenvalue weighted by Gasteiger charge is 2.23. The van der Waals surface area contributed by atoms with E-state index < -0.39 is 0 Å². The van der Waals surface area contributed by atoms with Crippen molar-refractivity contribution < 1.29 is 18.7 Å². The van der Waals surface area contributed by atoms with Gasteiger partial charge in [-0.05, 0) is 43.2 Å². The Bertz CT molecular complexity index is 786. The van der Waals surface area contributed by atoms with Crippen LogP contribution in [0.15, 0.2) is 41.0 Å². The first-order valence-electron chi connectivity index (χ1n) is 8.75. The topological polar surface area (TPSA) is 83.8 Å². The molecule has 1 aromatic carbocycles. The average molecular weight is 392 g/mol. The number of anilines is 1. The molecule has 0 spiro atoms. The van der Waals surface area contributed by atoms with E-state index in [9.17, 15) is 9.59 Å². The van der Waals surface area contributed by atoms with Gasteiger partial charge in [0.1, 0.15) is 5.75 Å². The Kier molecular flexibility index (Phi) is 6.36. The molecule has 1 aromatic heterocycles. The van der Waals surface area contributed by atoms with Gasteiger partial charge in [-0.25, -0.2) is 0 Å². The highest BCUT2D eigenvalue weighted by atomic mass is 35.5. The van der Waals surface area contributed by atoms with E-state index in [0.717, 1.165) is 25.9 Å². The molecule has 27 heavy (non-hydrogen) atoms. The minimum Gasteiger partial charge on any atom is -0.495 e. The first-order chi connectivity index (χ1) is 13.0. The zero-order valence-corrected chi connectivity index (χ0v) is 15.8. The predicted octanol–water partition coefficient (Wildman–Crippen LogP) is 2.77. The lowest BCUT2D eigenvalue weighted by Crippen LogP contribution is -2.46. The van der Waals surface area contributed by atoms with Gasteiger partial charge in [-0.2, -0.15) is 0 Å². The van der Waals surface area contributed by atoms with E-state index in [1.807, 2.05) is 0 Å². The van der Waals surface area contributed by atoms with Crippen molar-refractivity contribution in [2.75, 3.05) is 32.1 Å². The number of carbonyl (C=O) groups is 2. The van der Waals surface area contributed by atoms with Crippen molar-refractivity contribution in [1.82, 2.24) is 10.2 Å². The molecule has 3 rings (SSSR count). The van der Waals surface area contributed by atoms with Crippen LogP contribution in [0.4, 0.5) is 5.69 Å². The Labute approximate surface area is 162 Å². The van der Waals surface area contributed by atoms with Gasteiger partial charge in [-0.15, -0.1) is 0 Å². The number of carbonyl (C=O) groups excluding carboxylic acids is 2. The monoisotopic (exact) mass is 391 g/mol. The second kappa shape index (κ2) is 8.92. The van der Waals surface area contributed by atoms with Crippen LogP contribution in [0.1, 0.15) is 23.4 Å². The normalized spacial score (nSPS) is 15.3. The molecule has 0 bridgehead atoms. The van der Waals surface area contributed by atoms with E-state index >= 15 is 0 Å². The van der Waals surface area contributed by atoms with Crippen molar-refractivity contribution in [2.45, 2.75) is 18.9 Å². The highest BCUT2D eigenvalue weighted by Crippen LogP contribution is 2.27. The number of halogens is 1. The van der Waals surface area contributed by atoms with Gasteiger partial charge in [0, 0.05) is 24.2 Å². The summed E-state index contributed by atoms with van der Waals surface area (Å²) in [5, 5.41) is 6.33. The lowest BCUT2D eigenvalue weighted by molar-refractivity contribution is -0.117. The summed E-state index contributed by atoms with van der Waals surface area (Å²) in [6, 6.07) is 8.48. The van der Waals surface area contributed by atoms with Gasteiger partial charge < -0.3 is 19.8 Å². The van der Waals surface area contributed by atoms with E-state index in [1.165, 1.54) is 6.26 Å². The molecular weight excluding hydrogens is 370 g/mol. The fourth-order valence-electron chi connectivity index (χ4n) is 3.07. The molecule has 0 radical (unpaired) electrons. The van der Waals surface area contributed by atoms with E-state index in [2.05, 4.69) is 15.5 Å². The summed E-state index contributed by atoms with van der Waals surface area (Å²) in [6.45, 7) is 1.72. The summed E-state index contributed by atoms with van der Waals surface area (Å²) in [5.74, 6) is 0.539. The van der Waals surface area contributed by atoms with E-state index in [-0.39, 0.29) is 24.4 Å². The number of rotatable bonds is 6. The smallest absolute Gasteiger partial charge is 0.287 e. The molecular formula is C19H22ClN3O4. The highest BCUT2D eigenvalue weighted by molar-refractivity contribution is 6.31. The van der Waals surface area contributed by atoms with Gasteiger partial charge in [0.05, 0.1) is 25.6 Å². The summed E-state index contributed by atoms with van der Waals surface area (Å²) >= 11 is 5.99. The maximum Gasteiger partial charge on any atom is 0.287 e. The standard InChI is InChI=1S/C19H22ClN3O4/c1-26-16-5-4-13(20)11-15(16)22-18(24)12-23-8-6-14(7-9-23)21-19(25)17-3-2-10-27-17/h2-5,10-11,14H,6-9,12H2,1H3,(H,21,25)(H,22,24). The van der Waals surface area contributed by atoms with Crippen molar-refractivity contribution in [3.05, 3.63) is 47.4 Å². The number of benzene rings is 1. The summed E-state index contributed by atoms with van der Waals surface area (Å²) in [6.07, 6.45) is 3.03. The summed E-state index contributed by atoms with van der Waals surface area (Å²) < 4.78 is 10.3. The molecule has 0 unspecified atom stereocenters. The van der Waals surface area contributed by atoms with Gasteiger partial charge >= 0.3 is 0 Å². The number of likely N-dealkylation sites (tertiary alicyclic amines) is 1. The Morgan fingerprint density at radius 2 is 2.07 bits per heavy atom. The number of furan rings is 1. The number of nitrogens with zero attached hydrogens (tertiary/aromatic N) is 1. The molecule has 8 heteroatoms. The van der Waals surface area contributed by atoms with E-state index in [4.69, 9.17) is 20.8 Å². The molecule has 2 N–H and O–H groups in total. The van der Waals surface area contributed by atoms with Crippen molar-refractivity contribution in [2.24, 2.45) is 0 Å². The van der Waals surface area contributed by atoms with Crippen LogP contribution < -0.4 is 15.4 Å². The van der Waals surface area contributed by atoms with Gasteiger partial charge in [0.25, 0.3) is 5.91 Å². The summed E-state index contributed by atoms with van der Waals surface area (Å²) in [5.41, 5.74) is 0.551. The van der Waals surface area contributed by atoms with Crippen molar-refractivity contribution in [3.8, 4) is 5.75 Å². The Morgan fingerprint density at radius 3 is 2.74 bits per heavy atom. The fourth-order valence-corrected chi connectivity index (χ4v) is 3.24. The first kappa shape index (κ1) is 19.3. The van der Waals surface area contributed by atoms with Crippen molar-refractivity contribution in [3.63, 3.8) is 0 Å². The van der Waals surface area contributed by atoms with E-state index in [1.54, 1.807) is 37.4 Å². The van der Waals surface area contributed by atoms with E-state index in [0.29, 0.717) is 22.2 Å². The molecule has 0 atom stereocenters. The van der Waals surface area contributed by atoms with Crippen LogP contribution >= 0.6 is 11.6 Å². The number of nitrogens with one attached hydrogen (secondary N) is 2. The van der Waals surface area contributed by atoms with Gasteiger partial charge in [-0.1, -0.05) is 11.6 Å². The maximum absolute atomic E-state index is 12.3. The number of ether oxygens (including phenoxy) is 1. The molecule has 1 saturated heterocycles. The van der Waals surface area contributed by atoms with Crippen LogP contribution in [0.5, 0.6) is 5.75 Å². The molecule has 1 aliphatic rings. The molecule has 2 amide bonds. The maximum atomic E-state index is 12.3. The number of amides is 2. The quantitative estimate of drug-likeness (QED) is 0.791. The van der Waals surface area contributed by atoms with Crippen LogP contribution in [-0.2, 0) is 4.79 Å². The van der Waals surface area contributed by atoms with Crippen molar-refractivity contribution in [1.29, 1.82) is 0 Å². The Morgan fingerprint density at radius 1 is 1.30 bits per heavy atom. The van der Waals surface area contributed by atoms with Gasteiger partial charge in [0.2, 0.25) is 5.91 Å². The lowest BCUT2D eigenvalue weighted by atomic mass is 10.0. The Hall–Kier alpha value is -2.51. The van der Waals surface area contributed by atoms with Crippen LogP contribution in [-0.4, -0.2) is 49.5 Å². The molecule has 0 aliphatic carbocycles. The second-order valence-electron chi connectivity index (χ2n) is 6.39. The third kappa shape index (κ3) is 5.24.